The maximum absolute atomic E-state index is 11.2. The van der Waals surface area contributed by atoms with Gasteiger partial charge in [-0.15, -0.1) is 11.3 Å². The molecule has 0 atom stereocenters. The second kappa shape index (κ2) is 5.07. The lowest BCUT2D eigenvalue weighted by Gasteiger charge is -2.09. The molecule has 0 radical (unpaired) electrons. The first-order valence-corrected chi connectivity index (χ1v) is 6.91. The Morgan fingerprint density at radius 2 is 2.05 bits per heavy atom. The molecule has 3 rings (SSSR count). The Balaban J connectivity index is 2.10. The Morgan fingerprint density at radius 1 is 1.25 bits per heavy atom. The van der Waals surface area contributed by atoms with Gasteiger partial charge in [0.15, 0.2) is 0 Å². The number of halogens is 1. The lowest BCUT2D eigenvalue weighted by atomic mass is 10.2. The number of fused-ring (bicyclic) bond motifs is 1. The highest BCUT2D eigenvalue weighted by atomic mass is 35.5. The fourth-order valence-electron chi connectivity index (χ4n) is 1.83. The molecule has 7 heteroatoms. The number of carbonyl (C=O) groups is 1. The fourth-order valence-corrected chi connectivity index (χ4v) is 2.81. The summed E-state index contributed by atoms with van der Waals surface area (Å²) in [6.45, 7) is 0. The number of hydrogen-bond donors (Lipinski definition) is 2. The number of nitrogens with zero attached hydrogens (tertiary/aromatic N) is 2. The molecule has 0 aliphatic heterocycles. The number of aromatic nitrogens is 2. The molecule has 2 heterocycles. The van der Waals surface area contributed by atoms with E-state index in [9.17, 15) is 9.90 Å². The molecule has 0 saturated carbocycles. The molecule has 0 bridgehead atoms. The predicted octanol–water partition coefficient (Wildman–Crippen LogP) is 3.79. The standard InChI is InChI=1S/C13H8ClN3O2S/c14-13-16-10(8-5-6-20-11(8)17-13)15-9-4-2-1-3-7(9)12(18)19/h1-6H,(H,18,19)(H,15,16,17). The van der Waals surface area contributed by atoms with Crippen LogP contribution in [0.1, 0.15) is 10.4 Å². The Kier molecular flexibility index (Phi) is 3.25. The minimum atomic E-state index is -1.00. The number of benzene rings is 1. The molecule has 2 aromatic heterocycles. The molecule has 100 valence electrons. The summed E-state index contributed by atoms with van der Waals surface area (Å²) in [7, 11) is 0. The summed E-state index contributed by atoms with van der Waals surface area (Å²) in [4.78, 5) is 20.2. The molecule has 0 saturated heterocycles. The van der Waals surface area contributed by atoms with Crippen molar-refractivity contribution >= 4 is 50.6 Å². The third kappa shape index (κ3) is 2.31. The molecule has 0 aliphatic rings. The van der Waals surface area contributed by atoms with E-state index in [1.165, 1.54) is 17.4 Å². The molecule has 0 fully saturated rings. The van der Waals surface area contributed by atoms with Gasteiger partial charge in [-0.3, -0.25) is 0 Å². The zero-order valence-electron chi connectivity index (χ0n) is 10.0. The highest BCUT2D eigenvalue weighted by Gasteiger charge is 2.12. The molecule has 0 aliphatic carbocycles. The van der Waals surface area contributed by atoms with Gasteiger partial charge in [0.25, 0.3) is 0 Å². The van der Waals surface area contributed by atoms with Gasteiger partial charge in [0.05, 0.1) is 16.6 Å². The molecule has 5 nitrogen and oxygen atoms in total. The lowest BCUT2D eigenvalue weighted by molar-refractivity contribution is 0.0698. The SMILES string of the molecule is O=C(O)c1ccccc1Nc1nc(Cl)nc2sccc12. The number of carboxylic acid groups (broad SMARTS) is 1. The highest BCUT2D eigenvalue weighted by Crippen LogP contribution is 2.29. The first-order chi connectivity index (χ1) is 9.65. The van der Waals surface area contributed by atoms with Crippen molar-refractivity contribution in [1.82, 2.24) is 9.97 Å². The summed E-state index contributed by atoms with van der Waals surface area (Å²) in [5.41, 5.74) is 0.632. The van der Waals surface area contributed by atoms with Gasteiger partial charge in [0.1, 0.15) is 10.6 Å². The van der Waals surface area contributed by atoms with Crippen molar-refractivity contribution in [2.75, 3.05) is 5.32 Å². The van der Waals surface area contributed by atoms with Gasteiger partial charge in [0, 0.05) is 0 Å². The molecular weight excluding hydrogens is 298 g/mol. The molecule has 2 N–H and O–H groups in total. The summed E-state index contributed by atoms with van der Waals surface area (Å²) < 4.78 is 0. The number of anilines is 2. The maximum atomic E-state index is 11.2. The first-order valence-electron chi connectivity index (χ1n) is 5.65. The third-order valence-electron chi connectivity index (χ3n) is 2.71. The first kappa shape index (κ1) is 12.8. The van der Waals surface area contributed by atoms with Gasteiger partial charge in [0.2, 0.25) is 5.28 Å². The van der Waals surface area contributed by atoms with Crippen molar-refractivity contribution in [1.29, 1.82) is 0 Å². The molecule has 0 spiro atoms. The Hall–Kier alpha value is -2.18. The predicted molar refractivity (Wildman–Crippen MR) is 79.1 cm³/mol. The summed E-state index contributed by atoms with van der Waals surface area (Å²) in [5.74, 6) is -0.509. The highest BCUT2D eigenvalue weighted by molar-refractivity contribution is 7.16. The van der Waals surface area contributed by atoms with E-state index in [2.05, 4.69) is 15.3 Å². The molecule has 0 amide bonds. The van der Waals surface area contributed by atoms with Crippen LogP contribution >= 0.6 is 22.9 Å². The molecule has 0 unspecified atom stereocenters. The molecule has 1 aromatic carbocycles. The zero-order chi connectivity index (χ0) is 14.1. The molecule has 20 heavy (non-hydrogen) atoms. The van der Waals surface area contributed by atoms with Crippen molar-refractivity contribution < 1.29 is 9.90 Å². The summed E-state index contributed by atoms with van der Waals surface area (Å²) in [6.07, 6.45) is 0. The zero-order valence-corrected chi connectivity index (χ0v) is 11.6. The van der Waals surface area contributed by atoms with Gasteiger partial charge in [-0.2, -0.15) is 4.98 Å². The van der Waals surface area contributed by atoms with E-state index in [4.69, 9.17) is 11.6 Å². The second-order valence-corrected chi connectivity index (χ2v) is 5.19. The van der Waals surface area contributed by atoms with Gasteiger partial charge < -0.3 is 10.4 Å². The van der Waals surface area contributed by atoms with Crippen molar-refractivity contribution in [3.05, 3.63) is 46.6 Å². The van der Waals surface area contributed by atoms with E-state index in [1.54, 1.807) is 18.2 Å². The summed E-state index contributed by atoms with van der Waals surface area (Å²) in [6, 6.07) is 8.49. The van der Waals surface area contributed by atoms with Crippen LogP contribution in [-0.4, -0.2) is 21.0 Å². The Bertz CT molecular complexity index is 803. The quantitative estimate of drug-likeness (QED) is 0.720. The van der Waals surface area contributed by atoms with Gasteiger partial charge in [-0.05, 0) is 35.2 Å². The number of hydrogen-bond acceptors (Lipinski definition) is 5. The van der Waals surface area contributed by atoms with Crippen molar-refractivity contribution in [2.45, 2.75) is 0 Å². The molecular formula is C13H8ClN3O2S. The number of nitrogens with one attached hydrogen (secondary N) is 1. The Labute approximate surface area is 122 Å². The van der Waals surface area contributed by atoms with Crippen LogP contribution in [0, 0.1) is 0 Å². The van der Waals surface area contributed by atoms with Crippen molar-refractivity contribution in [3.63, 3.8) is 0 Å². The lowest BCUT2D eigenvalue weighted by Crippen LogP contribution is -2.03. The average Bonchev–Trinajstić information content (AvgIpc) is 2.87. The summed E-state index contributed by atoms with van der Waals surface area (Å²) in [5, 5.41) is 15.0. The van der Waals surface area contributed by atoms with E-state index < -0.39 is 5.97 Å². The van der Waals surface area contributed by atoms with Crippen LogP contribution in [-0.2, 0) is 0 Å². The van der Waals surface area contributed by atoms with E-state index in [-0.39, 0.29) is 10.8 Å². The second-order valence-electron chi connectivity index (χ2n) is 3.96. The van der Waals surface area contributed by atoms with Gasteiger partial charge >= 0.3 is 5.97 Å². The number of aromatic carboxylic acids is 1. The van der Waals surface area contributed by atoms with Crippen LogP contribution in [0.3, 0.4) is 0 Å². The van der Waals surface area contributed by atoms with Crippen molar-refractivity contribution in [3.8, 4) is 0 Å². The number of rotatable bonds is 3. The van der Waals surface area contributed by atoms with Crippen LogP contribution in [0.5, 0.6) is 0 Å². The van der Waals surface area contributed by atoms with E-state index in [0.29, 0.717) is 11.5 Å². The number of thiophene rings is 1. The van der Waals surface area contributed by atoms with Crippen LogP contribution in [0.4, 0.5) is 11.5 Å². The van der Waals surface area contributed by atoms with E-state index >= 15 is 0 Å². The van der Waals surface area contributed by atoms with E-state index in [1.807, 2.05) is 11.4 Å². The topological polar surface area (TPSA) is 75.1 Å². The minimum Gasteiger partial charge on any atom is -0.478 e. The largest absolute Gasteiger partial charge is 0.478 e. The number of carboxylic acids is 1. The van der Waals surface area contributed by atoms with Crippen LogP contribution in [0.25, 0.3) is 10.2 Å². The van der Waals surface area contributed by atoms with Gasteiger partial charge in [-0.1, -0.05) is 12.1 Å². The smallest absolute Gasteiger partial charge is 0.337 e. The normalized spacial score (nSPS) is 10.7. The molecule has 3 aromatic rings. The fraction of sp³-hybridized carbons (Fsp3) is 0. The summed E-state index contributed by atoms with van der Waals surface area (Å²) >= 11 is 7.32. The van der Waals surface area contributed by atoms with Crippen LogP contribution in [0.2, 0.25) is 5.28 Å². The average molecular weight is 306 g/mol. The van der Waals surface area contributed by atoms with Crippen LogP contribution in [0.15, 0.2) is 35.7 Å². The minimum absolute atomic E-state index is 0.121. The van der Waals surface area contributed by atoms with Crippen LogP contribution < -0.4 is 5.32 Å². The van der Waals surface area contributed by atoms with Crippen molar-refractivity contribution in [2.24, 2.45) is 0 Å². The van der Waals surface area contributed by atoms with Gasteiger partial charge in [-0.25, -0.2) is 9.78 Å². The third-order valence-corrected chi connectivity index (χ3v) is 3.68. The van der Waals surface area contributed by atoms with E-state index in [0.717, 1.165) is 10.2 Å². The number of para-hydroxylation sites is 1. The Morgan fingerprint density at radius 3 is 2.85 bits per heavy atom. The maximum Gasteiger partial charge on any atom is 0.337 e. The monoisotopic (exact) mass is 305 g/mol.